The highest BCUT2D eigenvalue weighted by molar-refractivity contribution is 5.85. The molecule has 0 saturated carbocycles. The highest BCUT2D eigenvalue weighted by Crippen LogP contribution is 2.09. The number of hydrogen-bond acceptors (Lipinski definition) is 3. The minimum Gasteiger partial charge on any atom is -0.444 e. The summed E-state index contributed by atoms with van der Waals surface area (Å²) in [6, 6.07) is 9.23. The first-order valence-corrected chi connectivity index (χ1v) is 7.07. The Morgan fingerprint density at radius 3 is 2.33 bits per heavy atom. The molecule has 1 aromatic rings. The zero-order valence-electron chi connectivity index (χ0n) is 13.1. The molecule has 0 aliphatic heterocycles. The molecule has 0 aliphatic carbocycles. The molecule has 2 amide bonds. The minimum atomic E-state index is -0.606. The van der Waals surface area contributed by atoms with Gasteiger partial charge in [-0.25, -0.2) is 4.79 Å². The van der Waals surface area contributed by atoms with Crippen LogP contribution in [0.4, 0.5) is 4.79 Å². The van der Waals surface area contributed by atoms with E-state index in [0.717, 1.165) is 5.56 Å². The van der Waals surface area contributed by atoms with Crippen molar-refractivity contribution < 1.29 is 14.3 Å². The molecule has 5 nitrogen and oxygen atoms in total. The van der Waals surface area contributed by atoms with Gasteiger partial charge in [0.05, 0.1) is 0 Å². The molecule has 0 saturated heterocycles. The first-order valence-electron chi connectivity index (χ1n) is 7.07. The number of rotatable bonds is 5. The summed E-state index contributed by atoms with van der Waals surface area (Å²) in [5.41, 5.74) is 0.536. The van der Waals surface area contributed by atoms with Crippen LogP contribution in [0.2, 0.25) is 0 Å². The third-order valence-electron chi connectivity index (χ3n) is 2.82. The summed E-state index contributed by atoms with van der Waals surface area (Å²) >= 11 is 0. The van der Waals surface area contributed by atoms with Crippen LogP contribution in [0.5, 0.6) is 0 Å². The number of benzene rings is 1. The maximum absolute atomic E-state index is 11.9. The number of aryl methyl sites for hydroxylation is 1. The average molecular weight is 292 g/mol. The molecule has 116 valence electrons. The van der Waals surface area contributed by atoms with Crippen molar-refractivity contribution in [2.24, 2.45) is 0 Å². The molecule has 1 rings (SSSR count). The van der Waals surface area contributed by atoms with Crippen molar-refractivity contribution in [3.63, 3.8) is 0 Å². The second-order valence-electron chi connectivity index (χ2n) is 5.84. The number of carbonyl (C=O) groups excluding carboxylic acids is 2. The van der Waals surface area contributed by atoms with Gasteiger partial charge in [0.1, 0.15) is 11.6 Å². The number of ether oxygens (including phenoxy) is 1. The van der Waals surface area contributed by atoms with Crippen molar-refractivity contribution >= 4 is 12.0 Å². The van der Waals surface area contributed by atoms with E-state index in [1.165, 1.54) is 0 Å². The molecule has 5 heteroatoms. The van der Waals surface area contributed by atoms with Crippen LogP contribution >= 0.6 is 0 Å². The largest absolute Gasteiger partial charge is 0.444 e. The van der Waals surface area contributed by atoms with Gasteiger partial charge in [-0.3, -0.25) is 4.79 Å². The van der Waals surface area contributed by atoms with Crippen molar-refractivity contribution in [3.8, 4) is 0 Å². The lowest BCUT2D eigenvalue weighted by molar-refractivity contribution is -0.122. The summed E-state index contributed by atoms with van der Waals surface area (Å²) in [4.78, 5) is 23.6. The van der Waals surface area contributed by atoms with Crippen molar-refractivity contribution in [1.29, 1.82) is 0 Å². The summed E-state index contributed by atoms with van der Waals surface area (Å²) in [5, 5.41) is 5.18. The molecule has 0 heterocycles. The van der Waals surface area contributed by atoms with Crippen molar-refractivity contribution in [3.05, 3.63) is 35.9 Å². The van der Waals surface area contributed by atoms with Gasteiger partial charge in [-0.05, 0) is 39.2 Å². The van der Waals surface area contributed by atoms with Crippen LogP contribution in [0.3, 0.4) is 0 Å². The summed E-state index contributed by atoms with van der Waals surface area (Å²) in [6.07, 6.45) is 0.640. The molecule has 0 radical (unpaired) electrons. The van der Waals surface area contributed by atoms with Gasteiger partial charge in [0.2, 0.25) is 5.91 Å². The van der Waals surface area contributed by atoms with E-state index in [-0.39, 0.29) is 5.91 Å². The van der Waals surface area contributed by atoms with E-state index in [4.69, 9.17) is 4.74 Å². The van der Waals surface area contributed by atoms with E-state index < -0.39 is 17.7 Å². The topological polar surface area (TPSA) is 67.4 Å². The van der Waals surface area contributed by atoms with Gasteiger partial charge >= 0.3 is 6.09 Å². The Labute approximate surface area is 126 Å². The Hall–Kier alpha value is -2.04. The molecule has 0 aliphatic rings. The number of alkyl carbamates (subject to hydrolysis) is 1. The van der Waals surface area contributed by atoms with Crippen LogP contribution in [-0.2, 0) is 16.0 Å². The molecule has 0 unspecified atom stereocenters. The monoisotopic (exact) mass is 292 g/mol. The van der Waals surface area contributed by atoms with Crippen LogP contribution in [0.1, 0.15) is 32.8 Å². The maximum atomic E-state index is 11.9. The highest BCUT2D eigenvalue weighted by Gasteiger charge is 2.23. The Balaban J connectivity index is 2.60. The Kier molecular flexibility index (Phi) is 6.21. The molecule has 2 N–H and O–H groups in total. The highest BCUT2D eigenvalue weighted by atomic mass is 16.6. The van der Waals surface area contributed by atoms with E-state index in [1.807, 2.05) is 30.3 Å². The van der Waals surface area contributed by atoms with Crippen molar-refractivity contribution in [1.82, 2.24) is 10.6 Å². The lowest BCUT2D eigenvalue weighted by Gasteiger charge is -2.23. The molecule has 1 aromatic carbocycles. The molecular formula is C16H24N2O3. The fourth-order valence-electron chi connectivity index (χ4n) is 1.85. The number of likely N-dealkylation sites (N-methyl/N-ethyl adjacent to an activating group) is 1. The smallest absolute Gasteiger partial charge is 0.408 e. The van der Waals surface area contributed by atoms with E-state index in [1.54, 1.807) is 27.8 Å². The Morgan fingerprint density at radius 2 is 1.81 bits per heavy atom. The lowest BCUT2D eigenvalue weighted by atomic mass is 10.0. The predicted molar refractivity (Wildman–Crippen MR) is 82.0 cm³/mol. The average Bonchev–Trinajstić information content (AvgIpc) is 2.41. The molecule has 0 bridgehead atoms. The molecule has 0 aromatic heterocycles. The molecule has 21 heavy (non-hydrogen) atoms. The zero-order chi connectivity index (χ0) is 15.9. The maximum Gasteiger partial charge on any atom is 0.408 e. The molecular weight excluding hydrogens is 268 g/mol. The first kappa shape index (κ1) is 17.0. The summed E-state index contributed by atoms with van der Waals surface area (Å²) < 4.78 is 5.18. The summed E-state index contributed by atoms with van der Waals surface area (Å²) in [7, 11) is 1.55. The van der Waals surface area contributed by atoms with Crippen molar-refractivity contribution in [2.45, 2.75) is 45.3 Å². The number of nitrogens with one attached hydrogen (secondary N) is 2. The van der Waals surface area contributed by atoms with Gasteiger partial charge in [-0.15, -0.1) is 0 Å². The normalized spacial score (nSPS) is 12.4. The predicted octanol–water partition coefficient (Wildman–Crippen LogP) is 2.26. The van der Waals surface area contributed by atoms with Gasteiger partial charge < -0.3 is 15.4 Å². The molecule has 1 atom stereocenters. The van der Waals surface area contributed by atoms with Gasteiger partial charge in [-0.1, -0.05) is 30.3 Å². The van der Waals surface area contributed by atoms with Crippen LogP contribution in [0.15, 0.2) is 30.3 Å². The minimum absolute atomic E-state index is 0.225. The first-order chi connectivity index (χ1) is 9.81. The number of hydrogen-bond donors (Lipinski definition) is 2. The lowest BCUT2D eigenvalue weighted by Crippen LogP contribution is -2.47. The second kappa shape index (κ2) is 7.67. The van der Waals surface area contributed by atoms with Gasteiger partial charge in [0.25, 0.3) is 0 Å². The van der Waals surface area contributed by atoms with Gasteiger partial charge in [0, 0.05) is 7.05 Å². The quantitative estimate of drug-likeness (QED) is 0.874. The van der Waals surface area contributed by atoms with E-state index in [0.29, 0.717) is 12.8 Å². The second-order valence-corrected chi connectivity index (χ2v) is 5.84. The number of amides is 2. The standard InChI is InChI=1S/C16H24N2O3/c1-16(2,3)21-15(20)18-13(14(19)17-4)11-10-12-8-6-5-7-9-12/h5-9,13H,10-11H2,1-4H3,(H,17,19)(H,18,20)/t13-/m1/s1. The van der Waals surface area contributed by atoms with Crippen LogP contribution in [-0.4, -0.2) is 30.7 Å². The van der Waals surface area contributed by atoms with Gasteiger partial charge in [0.15, 0.2) is 0 Å². The van der Waals surface area contributed by atoms with Crippen LogP contribution in [0.25, 0.3) is 0 Å². The van der Waals surface area contributed by atoms with Crippen LogP contribution in [0, 0.1) is 0 Å². The third kappa shape index (κ3) is 6.79. The third-order valence-corrected chi connectivity index (χ3v) is 2.82. The SMILES string of the molecule is CNC(=O)[C@@H](CCc1ccccc1)NC(=O)OC(C)(C)C. The van der Waals surface area contributed by atoms with E-state index >= 15 is 0 Å². The summed E-state index contributed by atoms with van der Waals surface area (Å²) in [5.74, 6) is -0.225. The number of carbonyl (C=O) groups is 2. The van der Waals surface area contributed by atoms with Gasteiger partial charge in [-0.2, -0.15) is 0 Å². The van der Waals surface area contributed by atoms with E-state index in [2.05, 4.69) is 10.6 Å². The Bertz CT molecular complexity index is 466. The molecule has 0 spiro atoms. The zero-order valence-corrected chi connectivity index (χ0v) is 13.1. The summed E-state index contributed by atoms with van der Waals surface area (Å²) in [6.45, 7) is 5.35. The molecule has 0 fully saturated rings. The Morgan fingerprint density at radius 1 is 1.19 bits per heavy atom. The van der Waals surface area contributed by atoms with E-state index in [9.17, 15) is 9.59 Å². The fourth-order valence-corrected chi connectivity index (χ4v) is 1.85. The van der Waals surface area contributed by atoms with Crippen LogP contribution < -0.4 is 10.6 Å². The van der Waals surface area contributed by atoms with Crippen molar-refractivity contribution in [2.75, 3.05) is 7.05 Å². The fraction of sp³-hybridized carbons (Fsp3) is 0.500.